The van der Waals surface area contributed by atoms with Gasteiger partial charge in [0.1, 0.15) is 0 Å². The second-order valence-corrected chi connectivity index (χ2v) is 5.68. The second-order valence-electron chi connectivity index (χ2n) is 5.68. The van der Waals surface area contributed by atoms with E-state index in [-0.39, 0.29) is 30.6 Å². The minimum Gasteiger partial charge on any atom is -0.493 e. The van der Waals surface area contributed by atoms with Gasteiger partial charge in [-0.15, -0.1) is 0 Å². The van der Waals surface area contributed by atoms with Crippen molar-refractivity contribution in [3.63, 3.8) is 0 Å². The molecule has 24 heavy (non-hydrogen) atoms. The molecule has 0 saturated carbocycles. The third-order valence-corrected chi connectivity index (χ3v) is 4.23. The second kappa shape index (κ2) is 6.74. The first kappa shape index (κ1) is 16.1. The molecule has 5 nitrogen and oxygen atoms in total. The first-order valence-corrected chi connectivity index (χ1v) is 7.76. The maximum atomic E-state index is 12.5. The van der Waals surface area contributed by atoms with Crippen LogP contribution in [-0.4, -0.2) is 26.0 Å². The molecule has 2 aromatic carbocycles. The lowest BCUT2D eigenvalue weighted by Crippen LogP contribution is -2.42. The number of hydrogen-bond donors (Lipinski definition) is 0. The smallest absolute Gasteiger partial charge is 0.234 e. The highest BCUT2D eigenvalue weighted by Crippen LogP contribution is 2.36. The van der Waals surface area contributed by atoms with Gasteiger partial charge in [0.15, 0.2) is 11.5 Å². The van der Waals surface area contributed by atoms with E-state index in [2.05, 4.69) is 0 Å². The van der Waals surface area contributed by atoms with Gasteiger partial charge in [-0.05, 0) is 29.8 Å². The number of piperidine rings is 1. The number of rotatable bonds is 4. The van der Waals surface area contributed by atoms with Crippen LogP contribution in [-0.2, 0) is 9.59 Å². The Kier molecular flexibility index (Phi) is 4.51. The number of carbonyl (C=O) groups is 2. The SMILES string of the molecule is COc1ccc(C2CC(=O)N(c3ccccc3)C(=O)C2)cc1OC. The molecular formula is C19H19NO4. The molecule has 2 amide bonds. The number of imide groups is 1. The summed E-state index contributed by atoms with van der Waals surface area (Å²) in [6.07, 6.45) is 0.576. The van der Waals surface area contributed by atoms with Crippen molar-refractivity contribution in [2.45, 2.75) is 18.8 Å². The summed E-state index contributed by atoms with van der Waals surface area (Å²) in [4.78, 5) is 26.3. The molecule has 1 aliphatic heterocycles. The molecule has 0 bridgehead atoms. The topological polar surface area (TPSA) is 55.8 Å². The molecule has 124 valence electrons. The highest BCUT2D eigenvalue weighted by molar-refractivity contribution is 6.17. The molecule has 1 saturated heterocycles. The molecule has 1 aliphatic rings. The molecule has 1 heterocycles. The Morgan fingerprint density at radius 2 is 1.50 bits per heavy atom. The zero-order valence-corrected chi connectivity index (χ0v) is 13.7. The van der Waals surface area contributed by atoms with E-state index in [1.165, 1.54) is 4.90 Å². The van der Waals surface area contributed by atoms with Crippen molar-refractivity contribution in [3.8, 4) is 11.5 Å². The van der Waals surface area contributed by atoms with Crippen molar-refractivity contribution in [1.29, 1.82) is 0 Å². The standard InChI is InChI=1S/C19H19NO4/c1-23-16-9-8-13(10-17(16)24-2)14-11-18(21)20(19(22)12-14)15-6-4-3-5-7-15/h3-10,14H,11-12H2,1-2H3. The van der Waals surface area contributed by atoms with Gasteiger partial charge in [-0.3, -0.25) is 14.5 Å². The summed E-state index contributed by atoms with van der Waals surface area (Å²) in [5, 5.41) is 0. The Balaban J connectivity index is 1.84. The van der Waals surface area contributed by atoms with Crippen molar-refractivity contribution in [3.05, 3.63) is 54.1 Å². The van der Waals surface area contributed by atoms with E-state index in [1.54, 1.807) is 32.4 Å². The third kappa shape index (κ3) is 2.97. The van der Waals surface area contributed by atoms with Crippen LogP contribution >= 0.6 is 0 Å². The van der Waals surface area contributed by atoms with Crippen LogP contribution in [0, 0.1) is 0 Å². The minimum absolute atomic E-state index is 0.148. The van der Waals surface area contributed by atoms with E-state index in [4.69, 9.17) is 9.47 Å². The van der Waals surface area contributed by atoms with Crippen LogP contribution in [0.2, 0.25) is 0 Å². The predicted molar refractivity (Wildman–Crippen MR) is 90.5 cm³/mol. The quantitative estimate of drug-likeness (QED) is 0.810. The molecule has 0 aromatic heterocycles. The molecule has 0 aliphatic carbocycles. The summed E-state index contributed by atoms with van der Waals surface area (Å²) in [6.45, 7) is 0. The predicted octanol–water partition coefficient (Wildman–Crippen LogP) is 3.14. The van der Waals surface area contributed by atoms with Crippen LogP contribution in [0.5, 0.6) is 11.5 Å². The number of carbonyl (C=O) groups excluding carboxylic acids is 2. The Hall–Kier alpha value is -2.82. The van der Waals surface area contributed by atoms with Gasteiger partial charge in [-0.25, -0.2) is 0 Å². The largest absolute Gasteiger partial charge is 0.493 e. The molecule has 0 radical (unpaired) electrons. The summed E-state index contributed by atoms with van der Waals surface area (Å²) in [6, 6.07) is 14.5. The molecule has 0 unspecified atom stereocenters. The van der Waals surface area contributed by atoms with E-state index in [0.717, 1.165) is 5.56 Å². The summed E-state index contributed by atoms with van der Waals surface area (Å²) in [5.74, 6) is 0.709. The number of hydrogen-bond acceptors (Lipinski definition) is 4. The van der Waals surface area contributed by atoms with E-state index in [1.807, 2.05) is 30.3 Å². The Labute approximate surface area is 140 Å². The molecule has 5 heteroatoms. The van der Waals surface area contributed by atoms with Crippen molar-refractivity contribution in [2.75, 3.05) is 19.1 Å². The van der Waals surface area contributed by atoms with E-state index < -0.39 is 0 Å². The zero-order valence-electron chi connectivity index (χ0n) is 13.7. The zero-order chi connectivity index (χ0) is 17.1. The number of nitrogens with zero attached hydrogens (tertiary/aromatic N) is 1. The highest BCUT2D eigenvalue weighted by Gasteiger charge is 2.34. The Morgan fingerprint density at radius 3 is 2.08 bits per heavy atom. The van der Waals surface area contributed by atoms with Gasteiger partial charge in [0.25, 0.3) is 0 Å². The molecule has 0 spiro atoms. The lowest BCUT2D eigenvalue weighted by Gasteiger charge is -2.30. The third-order valence-electron chi connectivity index (χ3n) is 4.23. The van der Waals surface area contributed by atoms with Gasteiger partial charge >= 0.3 is 0 Å². The fourth-order valence-electron chi connectivity index (χ4n) is 3.02. The van der Waals surface area contributed by atoms with Gasteiger partial charge < -0.3 is 9.47 Å². The lowest BCUT2D eigenvalue weighted by molar-refractivity contribution is -0.129. The number of amides is 2. The van der Waals surface area contributed by atoms with Crippen LogP contribution in [0.25, 0.3) is 0 Å². The van der Waals surface area contributed by atoms with Gasteiger partial charge in [0.2, 0.25) is 11.8 Å². The first-order valence-electron chi connectivity index (χ1n) is 7.76. The normalized spacial score (nSPS) is 15.5. The van der Waals surface area contributed by atoms with Gasteiger partial charge in [0, 0.05) is 18.8 Å². The molecule has 1 fully saturated rings. The average molecular weight is 325 g/mol. The summed E-state index contributed by atoms with van der Waals surface area (Å²) in [7, 11) is 3.14. The van der Waals surface area contributed by atoms with Crippen molar-refractivity contribution >= 4 is 17.5 Å². The highest BCUT2D eigenvalue weighted by atomic mass is 16.5. The number of benzene rings is 2. The molecule has 0 atom stereocenters. The monoisotopic (exact) mass is 325 g/mol. The van der Waals surface area contributed by atoms with E-state index in [9.17, 15) is 9.59 Å². The van der Waals surface area contributed by atoms with Gasteiger partial charge in [-0.2, -0.15) is 0 Å². The van der Waals surface area contributed by atoms with E-state index in [0.29, 0.717) is 17.2 Å². The molecule has 2 aromatic rings. The number of anilines is 1. The maximum Gasteiger partial charge on any atom is 0.234 e. The van der Waals surface area contributed by atoms with Crippen LogP contribution in [0.4, 0.5) is 5.69 Å². The van der Waals surface area contributed by atoms with E-state index >= 15 is 0 Å². The van der Waals surface area contributed by atoms with Gasteiger partial charge in [-0.1, -0.05) is 24.3 Å². The van der Waals surface area contributed by atoms with Crippen LogP contribution in [0.1, 0.15) is 24.3 Å². The van der Waals surface area contributed by atoms with Crippen LogP contribution in [0.15, 0.2) is 48.5 Å². The summed E-state index contributed by atoms with van der Waals surface area (Å²) in [5.41, 5.74) is 1.53. The summed E-state index contributed by atoms with van der Waals surface area (Å²) >= 11 is 0. The fraction of sp³-hybridized carbons (Fsp3) is 0.263. The number of methoxy groups -OCH3 is 2. The molecule has 3 rings (SSSR count). The molecular weight excluding hydrogens is 306 g/mol. The first-order chi connectivity index (χ1) is 11.6. The Bertz CT molecular complexity index is 739. The number of para-hydroxylation sites is 1. The van der Waals surface area contributed by atoms with Crippen molar-refractivity contribution in [2.24, 2.45) is 0 Å². The Morgan fingerprint density at radius 1 is 0.875 bits per heavy atom. The fourth-order valence-corrected chi connectivity index (χ4v) is 3.02. The van der Waals surface area contributed by atoms with Crippen LogP contribution < -0.4 is 14.4 Å². The average Bonchev–Trinajstić information content (AvgIpc) is 2.61. The van der Waals surface area contributed by atoms with Crippen molar-refractivity contribution in [1.82, 2.24) is 0 Å². The molecule has 0 N–H and O–H groups in total. The number of ether oxygens (including phenoxy) is 2. The van der Waals surface area contributed by atoms with Crippen LogP contribution in [0.3, 0.4) is 0 Å². The summed E-state index contributed by atoms with van der Waals surface area (Å²) < 4.78 is 10.5. The van der Waals surface area contributed by atoms with Crippen molar-refractivity contribution < 1.29 is 19.1 Å². The minimum atomic E-state index is -0.183. The van der Waals surface area contributed by atoms with Gasteiger partial charge in [0.05, 0.1) is 19.9 Å². The lowest BCUT2D eigenvalue weighted by atomic mass is 9.88. The maximum absolute atomic E-state index is 12.5.